The maximum atomic E-state index is 12.4. The van der Waals surface area contributed by atoms with Crippen LogP contribution in [0.2, 0.25) is 0 Å². The minimum Gasteiger partial charge on any atom is -0.454 e. The molecule has 2 aromatic rings. The van der Waals surface area contributed by atoms with Crippen molar-refractivity contribution in [2.24, 2.45) is 0 Å². The summed E-state index contributed by atoms with van der Waals surface area (Å²) in [6, 6.07) is 2.38. The van der Waals surface area contributed by atoms with E-state index in [1.807, 2.05) is 19.9 Å². The molecule has 0 aromatic carbocycles. The van der Waals surface area contributed by atoms with Gasteiger partial charge in [0, 0.05) is 23.0 Å². The monoisotopic (exact) mass is 333 g/mol. The van der Waals surface area contributed by atoms with Crippen LogP contribution in [0.15, 0.2) is 6.07 Å². The Kier molecular flexibility index (Phi) is 3.97. The summed E-state index contributed by atoms with van der Waals surface area (Å²) in [7, 11) is 0. The molecule has 0 unspecified atom stereocenters. The van der Waals surface area contributed by atoms with Crippen molar-refractivity contribution in [2.45, 2.75) is 39.7 Å². The van der Waals surface area contributed by atoms with Crippen molar-refractivity contribution in [3.8, 4) is 0 Å². The number of hydrogen-bond acceptors (Lipinski definition) is 6. The fraction of sp³-hybridized carbons (Fsp3) is 0.438. The highest BCUT2D eigenvalue weighted by molar-refractivity contribution is 7.10. The predicted molar refractivity (Wildman–Crippen MR) is 88.1 cm³/mol. The number of carbonyl (C=O) groups is 2. The van der Waals surface area contributed by atoms with Gasteiger partial charge >= 0.3 is 5.97 Å². The number of rotatable bonds is 5. The molecule has 7 heteroatoms. The number of ketones is 1. The van der Waals surface area contributed by atoms with Gasteiger partial charge in [0.15, 0.2) is 6.61 Å². The molecule has 0 amide bonds. The van der Waals surface area contributed by atoms with Gasteiger partial charge in [-0.25, -0.2) is 4.79 Å². The number of nitrogens with two attached hydrogens (primary N) is 1. The maximum Gasteiger partial charge on any atom is 0.343 e. The molecule has 23 heavy (non-hydrogen) atoms. The number of esters is 1. The van der Waals surface area contributed by atoms with Crippen LogP contribution in [0.4, 0.5) is 5.00 Å². The first-order chi connectivity index (χ1) is 10.9. The van der Waals surface area contributed by atoms with Crippen molar-refractivity contribution in [1.82, 2.24) is 8.94 Å². The molecule has 2 N–H and O–H groups in total. The molecule has 0 saturated heterocycles. The van der Waals surface area contributed by atoms with E-state index in [4.69, 9.17) is 10.5 Å². The van der Waals surface area contributed by atoms with Gasteiger partial charge in [0.2, 0.25) is 5.78 Å². The first-order valence-corrected chi connectivity index (χ1v) is 8.28. The van der Waals surface area contributed by atoms with Crippen molar-refractivity contribution in [2.75, 3.05) is 12.3 Å². The topological polar surface area (TPSA) is 87.2 Å². The Morgan fingerprint density at radius 3 is 2.65 bits per heavy atom. The minimum atomic E-state index is -0.599. The third-order valence-electron chi connectivity index (χ3n) is 4.12. The molecule has 0 atom stereocenters. The van der Waals surface area contributed by atoms with Gasteiger partial charge in [-0.05, 0) is 51.2 Å². The highest BCUT2D eigenvalue weighted by Crippen LogP contribution is 2.38. The summed E-state index contributed by atoms with van der Waals surface area (Å²) < 4.78 is 11.3. The fourth-order valence-electron chi connectivity index (χ4n) is 2.87. The third kappa shape index (κ3) is 2.88. The van der Waals surface area contributed by atoms with Crippen molar-refractivity contribution in [3.05, 3.63) is 34.3 Å². The Balaban J connectivity index is 1.71. The summed E-state index contributed by atoms with van der Waals surface area (Å²) in [6.07, 6.45) is 2.31. The normalized spacial score (nSPS) is 14.0. The average Bonchev–Trinajstić information content (AvgIpc) is 3.21. The van der Waals surface area contributed by atoms with Crippen LogP contribution in [0.5, 0.6) is 0 Å². The quantitative estimate of drug-likeness (QED) is 0.671. The molecule has 0 aliphatic heterocycles. The lowest BCUT2D eigenvalue weighted by molar-refractivity contribution is 0.0475. The summed E-state index contributed by atoms with van der Waals surface area (Å²) >= 11 is 1.05. The zero-order valence-corrected chi connectivity index (χ0v) is 14.2. The minimum absolute atomic E-state index is 0.197. The van der Waals surface area contributed by atoms with Gasteiger partial charge in [-0.3, -0.25) is 4.79 Å². The van der Waals surface area contributed by atoms with Crippen LogP contribution in [0.3, 0.4) is 0 Å². The largest absolute Gasteiger partial charge is 0.454 e. The van der Waals surface area contributed by atoms with Crippen LogP contribution in [-0.4, -0.2) is 27.3 Å². The molecule has 0 spiro atoms. The first-order valence-electron chi connectivity index (χ1n) is 7.50. The second-order valence-electron chi connectivity index (χ2n) is 5.89. The molecule has 0 radical (unpaired) electrons. The number of aryl methyl sites for hydroxylation is 2. The second-order valence-corrected chi connectivity index (χ2v) is 6.70. The number of nitrogens with zero attached hydrogens (tertiary/aromatic N) is 2. The molecule has 2 heterocycles. The molecule has 1 saturated carbocycles. The zero-order valence-electron chi connectivity index (χ0n) is 13.4. The smallest absolute Gasteiger partial charge is 0.343 e. The van der Waals surface area contributed by atoms with Crippen LogP contribution in [-0.2, 0) is 4.74 Å². The Morgan fingerprint density at radius 2 is 2.09 bits per heavy atom. The molecule has 1 aliphatic carbocycles. The molecule has 6 nitrogen and oxygen atoms in total. The molecule has 122 valence electrons. The summed E-state index contributed by atoms with van der Waals surface area (Å²) in [6.45, 7) is 5.33. The predicted octanol–water partition coefficient (Wildman–Crippen LogP) is 2.83. The van der Waals surface area contributed by atoms with Gasteiger partial charge in [-0.1, -0.05) is 0 Å². The lowest BCUT2D eigenvalue weighted by atomic mass is 10.1. The molecule has 1 aliphatic rings. The highest BCUT2D eigenvalue weighted by atomic mass is 32.1. The molecule has 2 aromatic heterocycles. The van der Waals surface area contributed by atoms with E-state index in [1.165, 1.54) is 0 Å². The van der Waals surface area contributed by atoms with E-state index in [2.05, 4.69) is 8.94 Å². The lowest BCUT2D eigenvalue weighted by Crippen LogP contribution is -2.16. The Labute approximate surface area is 138 Å². The number of hydrogen-bond donors (Lipinski definition) is 1. The summed E-state index contributed by atoms with van der Waals surface area (Å²) in [4.78, 5) is 24.4. The van der Waals surface area contributed by atoms with Crippen LogP contribution in [0.1, 0.15) is 56.7 Å². The van der Waals surface area contributed by atoms with Gasteiger partial charge in [0.05, 0.1) is 5.69 Å². The Hall–Kier alpha value is -2.15. The van der Waals surface area contributed by atoms with Crippen molar-refractivity contribution >= 4 is 28.3 Å². The van der Waals surface area contributed by atoms with Crippen LogP contribution >= 0.6 is 11.5 Å². The van der Waals surface area contributed by atoms with Gasteiger partial charge in [-0.2, -0.15) is 4.37 Å². The summed E-state index contributed by atoms with van der Waals surface area (Å²) in [5.74, 6) is -0.795. The second kappa shape index (κ2) is 5.81. The Morgan fingerprint density at radius 1 is 1.39 bits per heavy atom. The van der Waals surface area contributed by atoms with E-state index in [1.54, 1.807) is 6.92 Å². The Bertz CT molecular complexity index is 767. The molecular weight excluding hydrogens is 314 g/mol. The molecule has 0 bridgehead atoms. The van der Waals surface area contributed by atoms with Crippen molar-refractivity contribution in [3.63, 3.8) is 0 Å². The van der Waals surface area contributed by atoms with E-state index in [-0.39, 0.29) is 18.0 Å². The molecular formula is C16H19N3O3S. The fourth-order valence-corrected chi connectivity index (χ4v) is 3.52. The van der Waals surface area contributed by atoms with E-state index < -0.39 is 5.97 Å². The third-order valence-corrected chi connectivity index (χ3v) is 4.89. The van der Waals surface area contributed by atoms with Crippen molar-refractivity contribution in [1.29, 1.82) is 0 Å². The van der Waals surface area contributed by atoms with Crippen LogP contribution in [0, 0.1) is 20.8 Å². The summed E-state index contributed by atoms with van der Waals surface area (Å²) in [5, 5.41) is 0.312. The standard InChI is InChI=1S/C16H19N3O3S/c1-8-6-12(10(3)19(8)11-4-5-11)13(20)7-22-16(21)14-9(2)18-23-15(14)17/h6,11H,4-5,7,17H2,1-3H3. The number of aromatic nitrogens is 2. The van der Waals surface area contributed by atoms with Crippen LogP contribution in [0.25, 0.3) is 0 Å². The van der Waals surface area contributed by atoms with Crippen molar-refractivity contribution < 1.29 is 14.3 Å². The highest BCUT2D eigenvalue weighted by Gasteiger charge is 2.28. The average molecular weight is 333 g/mol. The summed E-state index contributed by atoms with van der Waals surface area (Å²) in [5.41, 5.74) is 9.13. The maximum absolute atomic E-state index is 12.4. The van der Waals surface area contributed by atoms with Gasteiger partial charge in [0.25, 0.3) is 0 Å². The lowest BCUT2D eigenvalue weighted by Gasteiger charge is -2.08. The van der Waals surface area contributed by atoms with E-state index in [0.717, 1.165) is 35.8 Å². The van der Waals surface area contributed by atoms with Gasteiger partial charge < -0.3 is 15.0 Å². The van der Waals surface area contributed by atoms with Crippen LogP contribution < -0.4 is 5.73 Å². The number of ether oxygens (including phenoxy) is 1. The zero-order chi connectivity index (χ0) is 16.7. The SMILES string of the molecule is Cc1nsc(N)c1C(=O)OCC(=O)c1cc(C)n(C2CC2)c1C. The number of Topliss-reactive ketones (excluding diaryl/α,β-unsaturated/α-hetero) is 1. The number of anilines is 1. The van der Waals surface area contributed by atoms with Gasteiger partial charge in [0.1, 0.15) is 10.6 Å². The number of carbonyl (C=O) groups excluding carboxylic acids is 2. The molecule has 3 rings (SSSR count). The van der Waals surface area contributed by atoms with E-state index in [0.29, 0.717) is 22.3 Å². The van der Waals surface area contributed by atoms with E-state index in [9.17, 15) is 9.59 Å². The van der Waals surface area contributed by atoms with Gasteiger partial charge in [-0.15, -0.1) is 0 Å². The molecule has 1 fully saturated rings. The van der Waals surface area contributed by atoms with E-state index >= 15 is 0 Å². The first kappa shape index (κ1) is 15.7. The number of nitrogen functional groups attached to an aromatic ring is 1.